The highest BCUT2D eigenvalue weighted by molar-refractivity contribution is 5.78. The summed E-state index contributed by atoms with van der Waals surface area (Å²) in [6.07, 6.45) is 1.96. The van der Waals surface area contributed by atoms with Crippen molar-refractivity contribution < 1.29 is 9.21 Å². The normalized spacial score (nSPS) is 17.4. The maximum absolute atomic E-state index is 12.6. The summed E-state index contributed by atoms with van der Waals surface area (Å²) in [5, 5.41) is 0. The van der Waals surface area contributed by atoms with Gasteiger partial charge < -0.3 is 15.1 Å². The van der Waals surface area contributed by atoms with Gasteiger partial charge in [-0.15, -0.1) is 0 Å². The molecule has 0 aromatic carbocycles. The molecule has 2 heterocycles. The van der Waals surface area contributed by atoms with Crippen LogP contribution < -0.4 is 5.73 Å². The number of piperidine rings is 1. The van der Waals surface area contributed by atoms with Crippen LogP contribution in [0.4, 0.5) is 0 Å². The van der Waals surface area contributed by atoms with E-state index in [1.165, 1.54) is 0 Å². The lowest BCUT2D eigenvalue weighted by molar-refractivity contribution is -0.135. The summed E-state index contributed by atoms with van der Waals surface area (Å²) in [6.45, 7) is 8.85. The highest BCUT2D eigenvalue weighted by Crippen LogP contribution is 2.14. The number of carbonyl (C=O) groups is 1. The van der Waals surface area contributed by atoms with Crippen LogP contribution in [0.5, 0.6) is 0 Å². The highest BCUT2D eigenvalue weighted by Gasteiger charge is 2.23. The van der Waals surface area contributed by atoms with Gasteiger partial charge in [-0.05, 0) is 45.7 Å². The first-order chi connectivity index (χ1) is 9.95. The van der Waals surface area contributed by atoms with Gasteiger partial charge in [-0.1, -0.05) is 0 Å². The van der Waals surface area contributed by atoms with Crippen LogP contribution >= 0.6 is 0 Å². The molecule has 0 atom stereocenters. The van der Waals surface area contributed by atoms with Gasteiger partial charge in [0.1, 0.15) is 11.5 Å². The summed E-state index contributed by atoms with van der Waals surface area (Å²) in [7, 11) is 0. The molecule has 0 aliphatic carbocycles. The minimum atomic E-state index is 0.162. The summed E-state index contributed by atoms with van der Waals surface area (Å²) in [5.41, 5.74) is 5.91. The van der Waals surface area contributed by atoms with Crippen LogP contribution in [-0.2, 0) is 11.3 Å². The first-order valence-corrected chi connectivity index (χ1v) is 7.78. The Balaban J connectivity index is 1.92. The van der Waals surface area contributed by atoms with E-state index in [2.05, 4.69) is 4.90 Å². The van der Waals surface area contributed by atoms with E-state index >= 15 is 0 Å². The molecule has 2 rings (SSSR count). The molecular weight excluding hydrogens is 266 g/mol. The smallest absolute Gasteiger partial charge is 0.237 e. The number of carbonyl (C=O) groups excluding carboxylic acids is 1. The number of aryl methyl sites for hydroxylation is 1. The second-order valence-electron chi connectivity index (χ2n) is 6.24. The molecule has 0 bridgehead atoms. The number of likely N-dealkylation sites (tertiary alicyclic amines) is 1. The quantitative estimate of drug-likeness (QED) is 0.898. The van der Waals surface area contributed by atoms with Crippen molar-refractivity contribution >= 4 is 5.91 Å². The van der Waals surface area contributed by atoms with Crippen LogP contribution in [-0.4, -0.2) is 47.4 Å². The average Bonchev–Trinajstić information content (AvgIpc) is 2.84. The van der Waals surface area contributed by atoms with Gasteiger partial charge >= 0.3 is 0 Å². The molecule has 21 heavy (non-hydrogen) atoms. The Labute approximate surface area is 127 Å². The molecule has 118 valence electrons. The number of rotatable bonds is 5. The summed E-state index contributed by atoms with van der Waals surface area (Å²) in [6, 6.07) is 4.33. The summed E-state index contributed by atoms with van der Waals surface area (Å²) < 4.78 is 5.59. The van der Waals surface area contributed by atoms with Crippen LogP contribution in [0.2, 0.25) is 0 Å². The molecule has 1 aliphatic heterocycles. The van der Waals surface area contributed by atoms with Gasteiger partial charge in [0, 0.05) is 25.2 Å². The second-order valence-corrected chi connectivity index (χ2v) is 6.24. The number of hydrogen-bond donors (Lipinski definition) is 1. The van der Waals surface area contributed by atoms with Crippen molar-refractivity contribution in [3.63, 3.8) is 0 Å². The van der Waals surface area contributed by atoms with E-state index < -0.39 is 0 Å². The lowest BCUT2D eigenvalue weighted by Gasteiger charge is -2.33. The Hall–Kier alpha value is -1.33. The van der Waals surface area contributed by atoms with E-state index in [0.717, 1.165) is 37.5 Å². The van der Waals surface area contributed by atoms with Gasteiger partial charge in [-0.25, -0.2) is 0 Å². The predicted octanol–water partition coefficient (Wildman–Crippen LogP) is 1.75. The Morgan fingerprint density at radius 2 is 2.10 bits per heavy atom. The zero-order valence-corrected chi connectivity index (χ0v) is 13.3. The van der Waals surface area contributed by atoms with Crippen LogP contribution in [0.3, 0.4) is 0 Å². The molecule has 0 saturated carbocycles. The van der Waals surface area contributed by atoms with Crippen LogP contribution in [0.15, 0.2) is 16.5 Å². The van der Waals surface area contributed by atoms with Gasteiger partial charge in [0.25, 0.3) is 0 Å². The lowest BCUT2D eigenvalue weighted by Crippen LogP contribution is -2.47. The first-order valence-electron chi connectivity index (χ1n) is 7.78. The summed E-state index contributed by atoms with van der Waals surface area (Å²) in [5.74, 6) is 1.89. The Morgan fingerprint density at radius 1 is 1.43 bits per heavy atom. The fourth-order valence-corrected chi connectivity index (χ4v) is 2.69. The van der Waals surface area contributed by atoms with E-state index in [1.54, 1.807) is 0 Å². The molecule has 1 aromatic rings. The van der Waals surface area contributed by atoms with Gasteiger partial charge in [-0.3, -0.25) is 9.69 Å². The zero-order valence-electron chi connectivity index (χ0n) is 13.3. The van der Waals surface area contributed by atoms with Crippen molar-refractivity contribution in [3.05, 3.63) is 23.7 Å². The molecule has 0 radical (unpaired) electrons. The lowest BCUT2D eigenvalue weighted by atomic mass is 10.1. The Kier molecular flexibility index (Phi) is 5.42. The zero-order chi connectivity index (χ0) is 15.4. The standard InChI is InChI=1S/C16H27N3O2/c1-12(2)19(10-15-5-4-13(3)21-15)16(20)11-18-8-6-14(17)7-9-18/h4-5,12,14H,6-11,17H2,1-3H3. The van der Waals surface area contributed by atoms with Crippen molar-refractivity contribution in [2.45, 2.75) is 52.2 Å². The fraction of sp³-hybridized carbons (Fsp3) is 0.688. The van der Waals surface area contributed by atoms with Crippen molar-refractivity contribution in [3.8, 4) is 0 Å². The molecular formula is C16H27N3O2. The van der Waals surface area contributed by atoms with Gasteiger partial charge in [0.2, 0.25) is 5.91 Å². The third-order valence-corrected chi connectivity index (χ3v) is 4.06. The minimum Gasteiger partial charge on any atom is -0.464 e. The van der Waals surface area contributed by atoms with E-state index in [0.29, 0.717) is 19.1 Å². The molecule has 5 heteroatoms. The maximum Gasteiger partial charge on any atom is 0.237 e. The molecule has 0 unspecified atom stereocenters. The molecule has 1 aliphatic rings. The van der Waals surface area contributed by atoms with Crippen LogP contribution in [0, 0.1) is 6.92 Å². The van der Waals surface area contributed by atoms with Gasteiger partial charge in [0.05, 0.1) is 13.1 Å². The number of hydrogen-bond acceptors (Lipinski definition) is 4. The Morgan fingerprint density at radius 3 is 2.62 bits per heavy atom. The third-order valence-electron chi connectivity index (χ3n) is 4.06. The van der Waals surface area contributed by atoms with E-state index in [-0.39, 0.29) is 11.9 Å². The first kappa shape index (κ1) is 16.0. The molecule has 1 saturated heterocycles. The SMILES string of the molecule is Cc1ccc(CN(C(=O)CN2CCC(N)CC2)C(C)C)o1. The molecule has 1 aromatic heterocycles. The van der Waals surface area contributed by atoms with Crippen molar-refractivity contribution in [1.82, 2.24) is 9.80 Å². The highest BCUT2D eigenvalue weighted by atomic mass is 16.3. The summed E-state index contributed by atoms with van der Waals surface area (Å²) in [4.78, 5) is 16.6. The fourth-order valence-electron chi connectivity index (χ4n) is 2.69. The van der Waals surface area contributed by atoms with Crippen LogP contribution in [0.1, 0.15) is 38.2 Å². The molecule has 2 N–H and O–H groups in total. The molecule has 5 nitrogen and oxygen atoms in total. The predicted molar refractivity (Wildman–Crippen MR) is 82.8 cm³/mol. The topological polar surface area (TPSA) is 62.7 Å². The van der Waals surface area contributed by atoms with Crippen molar-refractivity contribution in [2.75, 3.05) is 19.6 Å². The number of nitrogens with two attached hydrogens (primary N) is 1. The third kappa shape index (κ3) is 4.58. The summed E-state index contributed by atoms with van der Waals surface area (Å²) >= 11 is 0. The monoisotopic (exact) mass is 293 g/mol. The van der Waals surface area contributed by atoms with Crippen LogP contribution in [0.25, 0.3) is 0 Å². The average molecular weight is 293 g/mol. The molecule has 1 amide bonds. The van der Waals surface area contributed by atoms with Gasteiger partial charge in [0.15, 0.2) is 0 Å². The maximum atomic E-state index is 12.6. The van der Waals surface area contributed by atoms with Crippen molar-refractivity contribution in [2.24, 2.45) is 5.73 Å². The Bertz CT molecular complexity index is 462. The number of nitrogens with zero attached hydrogens (tertiary/aromatic N) is 2. The van der Waals surface area contributed by atoms with E-state index in [1.807, 2.05) is 37.8 Å². The van der Waals surface area contributed by atoms with Crippen molar-refractivity contribution in [1.29, 1.82) is 0 Å². The number of amides is 1. The second kappa shape index (κ2) is 7.09. The molecule has 0 spiro atoms. The van der Waals surface area contributed by atoms with E-state index in [9.17, 15) is 4.79 Å². The minimum absolute atomic E-state index is 0.162. The molecule has 1 fully saturated rings. The number of furan rings is 1. The largest absolute Gasteiger partial charge is 0.464 e. The van der Waals surface area contributed by atoms with E-state index in [4.69, 9.17) is 10.2 Å². The van der Waals surface area contributed by atoms with Gasteiger partial charge in [-0.2, -0.15) is 0 Å².